The summed E-state index contributed by atoms with van der Waals surface area (Å²) in [5, 5.41) is 9.76. The Kier molecular flexibility index (Phi) is 4.48. The highest BCUT2D eigenvalue weighted by molar-refractivity contribution is 9.10. The average Bonchev–Trinajstić information content (AvgIpc) is 2.64. The minimum atomic E-state index is -0.192. The molecule has 0 amide bonds. The van der Waals surface area contributed by atoms with E-state index in [0.717, 1.165) is 54.9 Å². The van der Waals surface area contributed by atoms with Crippen LogP contribution in [0, 0.1) is 0 Å². The van der Waals surface area contributed by atoms with Crippen LogP contribution >= 0.6 is 15.9 Å². The van der Waals surface area contributed by atoms with Crippen molar-refractivity contribution in [2.45, 2.75) is 31.9 Å². The number of fused-ring (bicyclic) bond motifs is 1. The van der Waals surface area contributed by atoms with E-state index in [-0.39, 0.29) is 6.10 Å². The Morgan fingerprint density at radius 1 is 1.20 bits per heavy atom. The lowest BCUT2D eigenvalue weighted by Gasteiger charge is -2.30. The van der Waals surface area contributed by atoms with Gasteiger partial charge in [0.25, 0.3) is 0 Å². The lowest BCUT2D eigenvalue weighted by atomic mass is 10.1. The summed E-state index contributed by atoms with van der Waals surface area (Å²) in [7, 11) is 0. The van der Waals surface area contributed by atoms with E-state index in [2.05, 4.69) is 26.9 Å². The van der Waals surface area contributed by atoms with E-state index in [1.807, 2.05) is 6.07 Å². The summed E-state index contributed by atoms with van der Waals surface area (Å²) >= 11 is 3.62. The molecule has 110 valence electrons. The third kappa shape index (κ3) is 3.27. The Morgan fingerprint density at radius 2 is 1.95 bits per heavy atom. The van der Waals surface area contributed by atoms with E-state index < -0.39 is 0 Å². The van der Waals surface area contributed by atoms with Gasteiger partial charge >= 0.3 is 0 Å². The second-order valence-corrected chi connectivity index (χ2v) is 6.33. The first-order valence-corrected chi connectivity index (χ1v) is 8.00. The molecule has 0 bridgehead atoms. The maximum atomic E-state index is 9.76. The lowest BCUT2D eigenvalue weighted by Crippen LogP contribution is -2.37. The zero-order chi connectivity index (χ0) is 13.9. The Bertz CT molecular complexity index is 480. The van der Waals surface area contributed by atoms with Crippen LogP contribution in [-0.4, -0.2) is 42.4 Å². The summed E-state index contributed by atoms with van der Waals surface area (Å²) in [4.78, 5) is 2.29. The van der Waals surface area contributed by atoms with Gasteiger partial charge in [-0.2, -0.15) is 0 Å². The van der Waals surface area contributed by atoms with Crippen molar-refractivity contribution in [3.05, 3.63) is 22.2 Å². The van der Waals surface area contributed by atoms with Gasteiger partial charge in [0.1, 0.15) is 0 Å². The fourth-order valence-corrected chi connectivity index (χ4v) is 3.21. The number of β-amino-alcohol motifs (C(OH)–C–C–N with tert-alkyl or cyclic N) is 1. The Morgan fingerprint density at radius 3 is 2.70 bits per heavy atom. The first kappa shape index (κ1) is 14.2. The number of aliphatic hydroxyl groups excluding tert-OH is 1. The van der Waals surface area contributed by atoms with E-state index in [1.54, 1.807) is 0 Å². The molecule has 1 fully saturated rings. The Balaban J connectivity index is 1.77. The van der Waals surface area contributed by atoms with E-state index in [4.69, 9.17) is 9.47 Å². The molecular weight excluding hydrogens is 322 g/mol. The monoisotopic (exact) mass is 341 g/mol. The van der Waals surface area contributed by atoms with E-state index in [0.29, 0.717) is 13.2 Å². The number of piperidine rings is 1. The molecule has 0 unspecified atom stereocenters. The van der Waals surface area contributed by atoms with E-state index in [1.165, 1.54) is 5.56 Å². The van der Waals surface area contributed by atoms with Crippen molar-refractivity contribution in [1.29, 1.82) is 0 Å². The number of nitrogens with zero attached hydrogens (tertiary/aromatic N) is 1. The Hall–Kier alpha value is -0.780. The van der Waals surface area contributed by atoms with Crippen LogP contribution in [0.15, 0.2) is 16.6 Å². The third-order valence-electron chi connectivity index (χ3n) is 3.79. The van der Waals surface area contributed by atoms with Crippen LogP contribution in [0.4, 0.5) is 0 Å². The average molecular weight is 342 g/mol. The van der Waals surface area contributed by atoms with Crippen LogP contribution < -0.4 is 9.47 Å². The molecule has 1 atom stereocenters. The maximum Gasteiger partial charge on any atom is 0.162 e. The Labute approximate surface area is 127 Å². The number of aliphatic hydroxyl groups is 1. The number of halogens is 1. The number of rotatable bonds is 2. The van der Waals surface area contributed by atoms with Crippen LogP contribution in [0.25, 0.3) is 0 Å². The molecule has 5 heteroatoms. The fraction of sp³-hybridized carbons (Fsp3) is 0.600. The van der Waals surface area contributed by atoms with Gasteiger partial charge in [0, 0.05) is 24.0 Å². The van der Waals surface area contributed by atoms with Crippen molar-refractivity contribution < 1.29 is 14.6 Å². The number of likely N-dealkylation sites (tertiary alicyclic amines) is 1. The summed E-state index contributed by atoms with van der Waals surface area (Å²) in [5.74, 6) is 1.65. The van der Waals surface area contributed by atoms with Gasteiger partial charge < -0.3 is 14.6 Å². The smallest absolute Gasteiger partial charge is 0.162 e. The number of ether oxygens (including phenoxy) is 2. The lowest BCUT2D eigenvalue weighted by molar-refractivity contribution is 0.0667. The molecule has 1 aromatic carbocycles. The number of hydrogen-bond acceptors (Lipinski definition) is 4. The molecule has 1 saturated heterocycles. The molecule has 0 saturated carbocycles. The maximum absolute atomic E-state index is 9.76. The quantitative estimate of drug-likeness (QED) is 0.897. The number of benzene rings is 1. The molecule has 2 heterocycles. The highest BCUT2D eigenvalue weighted by Gasteiger charge is 2.20. The minimum Gasteiger partial charge on any atom is -0.490 e. The molecule has 0 aliphatic carbocycles. The van der Waals surface area contributed by atoms with Gasteiger partial charge in [0.15, 0.2) is 11.5 Å². The molecule has 2 aliphatic heterocycles. The SMILES string of the molecule is O[C@H]1CCCN(Cc2cc3c(cc2Br)OCCCO3)C1. The van der Waals surface area contributed by atoms with Crippen LogP contribution in [0.3, 0.4) is 0 Å². The number of hydrogen-bond donors (Lipinski definition) is 1. The van der Waals surface area contributed by atoms with Crippen LogP contribution in [0.1, 0.15) is 24.8 Å². The highest BCUT2D eigenvalue weighted by atomic mass is 79.9. The van der Waals surface area contributed by atoms with Gasteiger partial charge in [-0.15, -0.1) is 0 Å². The molecular formula is C15H20BrNO3. The van der Waals surface area contributed by atoms with Crippen molar-refractivity contribution in [3.8, 4) is 11.5 Å². The predicted octanol–water partition coefficient (Wildman–Crippen LogP) is 2.57. The summed E-state index contributed by atoms with van der Waals surface area (Å²) in [6, 6.07) is 4.06. The highest BCUT2D eigenvalue weighted by Crippen LogP contribution is 2.35. The van der Waals surface area contributed by atoms with Crippen LogP contribution in [0.5, 0.6) is 11.5 Å². The van der Waals surface area contributed by atoms with Crippen molar-refractivity contribution in [1.82, 2.24) is 4.90 Å². The molecule has 0 aromatic heterocycles. The molecule has 3 rings (SSSR count). The summed E-state index contributed by atoms with van der Waals surface area (Å²) in [5.41, 5.74) is 1.18. The second-order valence-electron chi connectivity index (χ2n) is 5.47. The van der Waals surface area contributed by atoms with Crippen molar-refractivity contribution in [2.24, 2.45) is 0 Å². The molecule has 1 N–H and O–H groups in total. The molecule has 0 spiro atoms. The van der Waals surface area contributed by atoms with E-state index in [9.17, 15) is 5.11 Å². The molecule has 4 nitrogen and oxygen atoms in total. The van der Waals surface area contributed by atoms with Crippen LogP contribution in [-0.2, 0) is 6.54 Å². The summed E-state index contributed by atoms with van der Waals surface area (Å²) in [6.45, 7) is 4.03. The zero-order valence-corrected chi connectivity index (χ0v) is 13.1. The molecule has 0 radical (unpaired) electrons. The predicted molar refractivity (Wildman–Crippen MR) is 80.3 cm³/mol. The molecule has 20 heavy (non-hydrogen) atoms. The van der Waals surface area contributed by atoms with Crippen molar-refractivity contribution in [2.75, 3.05) is 26.3 Å². The first-order chi connectivity index (χ1) is 9.72. The van der Waals surface area contributed by atoms with E-state index >= 15 is 0 Å². The summed E-state index contributed by atoms with van der Waals surface area (Å²) in [6.07, 6.45) is 2.70. The second kappa shape index (κ2) is 6.33. The third-order valence-corrected chi connectivity index (χ3v) is 4.53. The first-order valence-electron chi connectivity index (χ1n) is 7.21. The minimum absolute atomic E-state index is 0.192. The van der Waals surface area contributed by atoms with Gasteiger partial charge in [-0.25, -0.2) is 0 Å². The van der Waals surface area contributed by atoms with Crippen LogP contribution in [0.2, 0.25) is 0 Å². The van der Waals surface area contributed by atoms with Gasteiger partial charge in [-0.3, -0.25) is 4.90 Å². The van der Waals surface area contributed by atoms with Crippen molar-refractivity contribution in [3.63, 3.8) is 0 Å². The van der Waals surface area contributed by atoms with Gasteiger partial charge in [-0.05, 0) is 37.1 Å². The fourth-order valence-electron chi connectivity index (χ4n) is 2.76. The largest absolute Gasteiger partial charge is 0.490 e. The van der Waals surface area contributed by atoms with Gasteiger partial charge in [-0.1, -0.05) is 15.9 Å². The standard InChI is InChI=1S/C15H20BrNO3/c16-13-8-15-14(19-5-2-6-20-15)7-11(13)9-17-4-1-3-12(18)10-17/h7-8,12,18H,1-6,9-10H2/t12-/m0/s1. The topological polar surface area (TPSA) is 41.9 Å². The summed E-state index contributed by atoms with van der Waals surface area (Å²) < 4.78 is 12.5. The molecule has 2 aliphatic rings. The van der Waals surface area contributed by atoms with Crippen molar-refractivity contribution >= 4 is 15.9 Å². The van der Waals surface area contributed by atoms with Gasteiger partial charge in [0.05, 0.1) is 19.3 Å². The molecule has 1 aromatic rings. The normalized spacial score (nSPS) is 23.4. The van der Waals surface area contributed by atoms with Gasteiger partial charge in [0.2, 0.25) is 0 Å². The zero-order valence-electron chi connectivity index (χ0n) is 11.5.